The number of rotatable bonds is 3. The van der Waals surface area contributed by atoms with Crippen molar-refractivity contribution in [3.05, 3.63) is 31.8 Å². The largest absolute Gasteiger partial charge is 0.376 e. The van der Waals surface area contributed by atoms with Crippen LogP contribution in [0.2, 0.25) is 0 Å². The average molecular weight is 424 g/mol. The van der Waals surface area contributed by atoms with Gasteiger partial charge in [0.1, 0.15) is 0 Å². The summed E-state index contributed by atoms with van der Waals surface area (Å²) in [5, 5.41) is 0. The van der Waals surface area contributed by atoms with Crippen LogP contribution in [0.1, 0.15) is 23.2 Å². The first-order chi connectivity index (χ1) is 8.58. The Labute approximate surface area is 129 Å². The highest BCUT2D eigenvalue weighted by Gasteiger charge is 2.22. The van der Waals surface area contributed by atoms with Gasteiger partial charge in [-0.3, -0.25) is 4.79 Å². The Morgan fingerprint density at radius 1 is 1.61 bits per heavy atom. The molecule has 1 unspecified atom stereocenters. The van der Waals surface area contributed by atoms with E-state index in [4.69, 9.17) is 4.74 Å². The van der Waals surface area contributed by atoms with E-state index in [0.29, 0.717) is 12.1 Å². The number of benzene rings is 1. The Bertz CT molecular complexity index is 447. The van der Waals surface area contributed by atoms with Crippen LogP contribution in [0, 0.1) is 3.57 Å². The molecule has 0 aromatic heterocycles. The van der Waals surface area contributed by atoms with Gasteiger partial charge in [0.2, 0.25) is 0 Å². The lowest BCUT2D eigenvalue weighted by molar-refractivity contribution is 0.0586. The van der Waals surface area contributed by atoms with Crippen LogP contribution in [0.5, 0.6) is 0 Å². The molecule has 0 saturated carbocycles. The van der Waals surface area contributed by atoms with E-state index in [1.807, 2.05) is 25.2 Å². The first kappa shape index (κ1) is 14.3. The molecule has 1 heterocycles. The van der Waals surface area contributed by atoms with E-state index < -0.39 is 0 Å². The highest BCUT2D eigenvalue weighted by molar-refractivity contribution is 14.1. The standard InChI is InChI=1S/C13H15BrINO2/c1-16(8-10-3-2-6-18-10)13(17)11-7-9(15)4-5-12(11)14/h4-5,7,10H,2-3,6,8H2,1H3. The Balaban J connectivity index is 2.07. The highest BCUT2D eigenvalue weighted by atomic mass is 127. The number of ether oxygens (including phenoxy) is 1. The van der Waals surface area contributed by atoms with Gasteiger partial charge >= 0.3 is 0 Å². The highest BCUT2D eigenvalue weighted by Crippen LogP contribution is 2.21. The van der Waals surface area contributed by atoms with Crippen molar-refractivity contribution < 1.29 is 9.53 Å². The van der Waals surface area contributed by atoms with Gasteiger partial charge < -0.3 is 9.64 Å². The summed E-state index contributed by atoms with van der Waals surface area (Å²) in [7, 11) is 1.83. The second kappa shape index (κ2) is 6.34. The van der Waals surface area contributed by atoms with Crippen LogP contribution >= 0.6 is 38.5 Å². The summed E-state index contributed by atoms with van der Waals surface area (Å²) in [6.07, 6.45) is 2.34. The number of carbonyl (C=O) groups excluding carboxylic acids is 1. The van der Waals surface area contributed by atoms with E-state index in [2.05, 4.69) is 38.5 Å². The molecule has 1 saturated heterocycles. The number of likely N-dealkylation sites (N-methyl/N-ethyl adjacent to an activating group) is 1. The van der Waals surface area contributed by atoms with E-state index in [-0.39, 0.29) is 12.0 Å². The Hall–Kier alpha value is -0.140. The minimum atomic E-state index is 0.0379. The van der Waals surface area contributed by atoms with Crippen molar-refractivity contribution in [1.29, 1.82) is 0 Å². The summed E-state index contributed by atoms with van der Waals surface area (Å²) < 4.78 is 7.46. The Morgan fingerprint density at radius 3 is 3.06 bits per heavy atom. The first-order valence-corrected chi connectivity index (χ1v) is 7.77. The number of hydrogen-bond donors (Lipinski definition) is 0. The molecule has 1 fully saturated rings. The SMILES string of the molecule is CN(CC1CCCO1)C(=O)c1cc(I)ccc1Br. The average Bonchev–Trinajstić information content (AvgIpc) is 2.84. The van der Waals surface area contributed by atoms with E-state index in [0.717, 1.165) is 27.5 Å². The molecule has 0 spiro atoms. The molecule has 0 N–H and O–H groups in total. The number of hydrogen-bond acceptors (Lipinski definition) is 2. The summed E-state index contributed by atoms with van der Waals surface area (Å²) >= 11 is 5.64. The van der Waals surface area contributed by atoms with Crippen molar-refractivity contribution in [2.24, 2.45) is 0 Å². The van der Waals surface area contributed by atoms with Gasteiger partial charge in [-0.15, -0.1) is 0 Å². The second-order valence-electron chi connectivity index (χ2n) is 4.44. The molecule has 3 nitrogen and oxygen atoms in total. The lowest BCUT2D eigenvalue weighted by Crippen LogP contribution is -2.34. The lowest BCUT2D eigenvalue weighted by atomic mass is 10.2. The Kier molecular flexibility index (Phi) is 5.03. The molecule has 1 amide bonds. The van der Waals surface area contributed by atoms with Crippen LogP contribution in [0.25, 0.3) is 0 Å². The third kappa shape index (κ3) is 3.45. The smallest absolute Gasteiger partial charge is 0.254 e. The molecule has 1 aromatic rings. The zero-order chi connectivity index (χ0) is 13.1. The number of halogens is 2. The van der Waals surface area contributed by atoms with Crippen LogP contribution in [-0.2, 0) is 4.74 Å². The third-order valence-corrected chi connectivity index (χ3v) is 4.37. The van der Waals surface area contributed by atoms with Gasteiger partial charge in [-0.25, -0.2) is 0 Å². The fourth-order valence-electron chi connectivity index (χ4n) is 2.04. The quantitative estimate of drug-likeness (QED) is 0.698. The molecule has 0 aliphatic carbocycles. The molecule has 98 valence electrons. The summed E-state index contributed by atoms with van der Waals surface area (Å²) in [5.74, 6) is 0.0379. The number of amides is 1. The maximum absolute atomic E-state index is 12.3. The summed E-state index contributed by atoms with van der Waals surface area (Å²) in [6, 6.07) is 5.79. The summed E-state index contributed by atoms with van der Waals surface area (Å²) in [4.78, 5) is 14.1. The van der Waals surface area contributed by atoms with Gasteiger partial charge in [0, 0.05) is 28.2 Å². The normalized spacial score (nSPS) is 18.9. The van der Waals surface area contributed by atoms with E-state index in [1.54, 1.807) is 4.90 Å². The van der Waals surface area contributed by atoms with E-state index in [1.165, 1.54) is 0 Å². The Morgan fingerprint density at radius 2 is 2.39 bits per heavy atom. The van der Waals surface area contributed by atoms with Gasteiger partial charge in [0.15, 0.2) is 0 Å². The van der Waals surface area contributed by atoms with Crippen LogP contribution in [0.4, 0.5) is 0 Å². The van der Waals surface area contributed by atoms with Gasteiger partial charge in [-0.1, -0.05) is 0 Å². The maximum Gasteiger partial charge on any atom is 0.254 e. The van der Waals surface area contributed by atoms with Crippen LogP contribution in [0.15, 0.2) is 22.7 Å². The molecule has 0 bridgehead atoms. The van der Waals surface area contributed by atoms with Gasteiger partial charge in [0.05, 0.1) is 11.7 Å². The van der Waals surface area contributed by atoms with Crippen molar-refractivity contribution in [2.75, 3.05) is 20.2 Å². The topological polar surface area (TPSA) is 29.5 Å². The van der Waals surface area contributed by atoms with Crippen LogP contribution < -0.4 is 0 Å². The van der Waals surface area contributed by atoms with Crippen molar-refractivity contribution in [1.82, 2.24) is 4.90 Å². The molecule has 1 aliphatic rings. The minimum Gasteiger partial charge on any atom is -0.376 e. The second-order valence-corrected chi connectivity index (χ2v) is 6.54. The summed E-state index contributed by atoms with van der Waals surface area (Å²) in [6.45, 7) is 1.48. The molecule has 1 atom stereocenters. The predicted molar refractivity (Wildman–Crippen MR) is 82.8 cm³/mol. The zero-order valence-electron chi connectivity index (χ0n) is 10.2. The maximum atomic E-state index is 12.3. The van der Waals surface area contributed by atoms with Crippen molar-refractivity contribution in [3.63, 3.8) is 0 Å². The minimum absolute atomic E-state index is 0.0379. The monoisotopic (exact) mass is 423 g/mol. The van der Waals surface area contributed by atoms with Crippen LogP contribution in [-0.4, -0.2) is 37.1 Å². The van der Waals surface area contributed by atoms with Crippen molar-refractivity contribution >= 4 is 44.4 Å². The molecular formula is C13H15BrINO2. The van der Waals surface area contributed by atoms with Crippen molar-refractivity contribution in [2.45, 2.75) is 18.9 Å². The first-order valence-electron chi connectivity index (χ1n) is 5.90. The van der Waals surface area contributed by atoms with Crippen LogP contribution in [0.3, 0.4) is 0 Å². The molecular weight excluding hydrogens is 409 g/mol. The molecule has 5 heteroatoms. The molecule has 1 aromatic carbocycles. The predicted octanol–water partition coefficient (Wildman–Crippen LogP) is 3.30. The number of carbonyl (C=O) groups is 1. The van der Waals surface area contributed by atoms with Gasteiger partial charge in [-0.05, 0) is 69.6 Å². The fraction of sp³-hybridized carbons (Fsp3) is 0.462. The summed E-state index contributed by atoms with van der Waals surface area (Å²) in [5.41, 5.74) is 0.711. The third-order valence-electron chi connectivity index (χ3n) is 3.01. The molecule has 2 rings (SSSR count). The van der Waals surface area contributed by atoms with Gasteiger partial charge in [-0.2, -0.15) is 0 Å². The number of nitrogens with zero attached hydrogens (tertiary/aromatic N) is 1. The van der Waals surface area contributed by atoms with E-state index >= 15 is 0 Å². The fourth-order valence-corrected chi connectivity index (χ4v) is 2.95. The van der Waals surface area contributed by atoms with Crippen molar-refractivity contribution in [3.8, 4) is 0 Å². The zero-order valence-corrected chi connectivity index (χ0v) is 13.9. The molecule has 18 heavy (non-hydrogen) atoms. The van der Waals surface area contributed by atoms with E-state index in [9.17, 15) is 4.79 Å². The van der Waals surface area contributed by atoms with Gasteiger partial charge in [0.25, 0.3) is 5.91 Å². The molecule has 1 aliphatic heterocycles. The lowest BCUT2D eigenvalue weighted by Gasteiger charge is -2.21. The molecule has 0 radical (unpaired) electrons.